The number of carboxylic acids is 1. The lowest BCUT2D eigenvalue weighted by Crippen LogP contribution is -2.11. The largest absolute Gasteiger partial charge is 0.478 e. The molecular weight excluding hydrogens is 350 g/mol. The van der Waals surface area contributed by atoms with Crippen LogP contribution in [-0.2, 0) is 0 Å². The van der Waals surface area contributed by atoms with E-state index in [1.807, 2.05) is 24.3 Å². The van der Waals surface area contributed by atoms with Crippen molar-refractivity contribution in [2.45, 2.75) is 43.9 Å². The highest BCUT2D eigenvalue weighted by Crippen LogP contribution is 2.43. The van der Waals surface area contributed by atoms with Crippen LogP contribution in [0.4, 0.5) is 0 Å². The summed E-state index contributed by atoms with van der Waals surface area (Å²) in [4.78, 5) is 16.8. The number of carboxylic acid groups (broad SMARTS) is 1. The summed E-state index contributed by atoms with van der Waals surface area (Å²) in [5.41, 5.74) is 3.57. The molecule has 2 aliphatic rings. The number of hydrogen-bond donors (Lipinski definition) is 1. The molecule has 1 aromatic carbocycles. The van der Waals surface area contributed by atoms with E-state index in [1.165, 1.54) is 0 Å². The number of aromatic nitrogens is 3. The van der Waals surface area contributed by atoms with Crippen molar-refractivity contribution in [1.29, 1.82) is 0 Å². The lowest BCUT2D eigenvalue weighted by Gasteiger charge is -2.23. The van der Waals surface area contributed by atoms with Crippen LogP contribution in [-0.4, -0.2) is 25.8 Å². The van der Waals surface area contributed by atoms with Crippen LogP contribution in [0.2, 0.25) is 5.02 Å². The van der Waals surface area contributed by atoms with Gasteiger partial charge in [-0.1, -0.05) is 18.0 Å². The first-order valence-corrected chi connectivity index (χ1v) is 9.42. The first-order chi connectivity index (χ1) is 12.6. The molecule has 5 nitrogen and oxygen atoms in total. The first-order valence-electron chi connectivity index (χ1n) is 9.04. The predicted octanol–water partition coefficient (Wildman–Crippen LogP) is 4.92. The lowest BCUT2D eigenvalue weighted by molar-refractivity contribution is 0.0698. The predicted molar refractivity (Wildman–Crippen MR) is 99.4 cm³/mol. The molecule has 2 fully saturated rings. The number of hydrogen-bond acceptors (Lipinski definition) is 3. The molecule has 0 unspecified atom stereocenters. The summed E-state index contributed by atoms with van der Waals surface area (Å²) in [6, 6.07) is 9.18. The van der Waals surface area contributed by atoms with E-state index in [0.717, 1.165) is 49.2 Å². The molecule has 2 aromatic heterocycles. The van der Waals surface area contributed by atoms with Gasteiger partial charge in [0.1, 0.15) is 0 Å². The summed E-state index contributed by atoms with van der Waals surface area (Å²) < 4.78 is 1.79. The van der Waals surface area contributed by atoms with Gasteiger partial charge in [0.2, 0.25) is 0 Å². The molecule has 26 heavy (non-hydrogen) atoms. The number of aromatic carboxylic acids is 1. The summed E-state index contributed by atoms with van der Waals surface area (Å²) in [6.45, 7) is 0. The van der Waals surface area contributed by atoms with Crippen molar-refractivity contribution < 1.29 is 9.90 Å². The number of halogens is 1. The van der Waals surface area contributed by atoms with Crippen molar-refractivity contribution in [3.63, 3.8) is 0 Å². The van der Waals surface area contributed by atoms with Gasteiger partial charge in [-0.25, -0.2) is 14.5 Å². The smallest absolute Gasteiger partial charge is 0.336 e. The molecular formula is C20H18ClN3O2. The number of carbonyl (C=O) groups is 1. The average molecular weight is 368 g/mol. The molecule has 5 rings (SSSR count). The molecule has 0 amide bonds. The molecule has 3 aromatic rings. The molecule has 0 spiro atoms. The zero-order valence-corrected chi connectivity index (χ0v) is 14.9. The van der Waals surface area contributed by atoms with E-state index in [4.69, 9.17) is 21.7 Å². The van der Waals surface area contributed by atoms with Gasteiger partial charge < -0.3 is 5.11 Å². The molecule has 1 N–H and O–H groups in total. The van der Waals surface area contributed by atoms with E-state index < -0.39 is 5.97 Å². The van der Waals surface area contributed by atoms with E-state index in [0.29, 0.717) is 33.5 Å². The van der Waals surface area contributed by atoms with Crippen molar-refractivity contribution in [1.82, 2.24) is 14.8 Å². The zero-order chi connectivity index (χ0) is 17.8. The van der Waals surface area contributed by atoms with Crippen molar-refractivity contribution >= 4 is 28.6 Å². The Morgan fingerprint density at radius 2 is 1.85 bits per heavy atom. The molecule has 0 bridgehead atoms. The van der Waals surface area contributed by atoms with Gasteiger partial charge in [0.25, 0.3) is 0 Å². The minimum atomic E-state index is -0.907. The summed E-state index contributed by atoms with van der Waals surface area (Å²) in [7, 11) is 0. The van der Waals surface area contributed by atoms with Gasteiger partial charge in [0.15, 0.2) is 5.65 Å². The van der Waals surface area contributed by atoms with Crippen molar-refractivity contribution in [3.05, 3.63) is 52.3 Å². The fraction of sp³-hybridized carbons (Fsp3) is 0.350. The number of pyridine rings is 1. The SMILES string of the molecule is O=C(O)c1cc(C2CC2)nc2c1c(C1CCC1)nn2-c1ccc(Cl)cc1. The quantitative estimate of drug-likeness (QED) is 0.710. The summed E-state index contributed by atoms with van der Waals surface area (Å²) in [5.74, 6) is -0.216. The fourth-order valence-corrected chi connectivity index (χ4v) is 3.77. The molecule has 6 heteroatoms. The van der Waals surface area contributed by atoms with Crippen molar-refractivity contribution in [3.8, 4) is 5.69 Å². The number of rotatable bonds is 4. The summed E-state index contributed by atoms with van der Waals surface area (Å²) in [5, 5.41) is 16.0. The van der Waals surface area contributed by atoms with Crippen molar-refractivity contribution in [2.24, 2.45) is 0 Å². The van der Waals surface area contributed by atoms with Gasteiger partial charge in [-0.2, -0.15) is 5.10 Å². The maximum Gasteiger partial charge on any atom is 0.336 e. The van der Waals surface area contributed by atoms with Crippen LogP contribution in [0, 0.1) is 0 Å². The monoisotopic (exact) mass is 367 g/mol. The fourth-order valence-electron chi connectivity index (χ4n) is 3.65. The Bertz CT molecular complexity index is 1020. The third kappa shape index (κ3) is 2.50. The molecule has 2 aliphatic carbocycles. The molecule has 2 heterocycles. The average Bonchev–Trinajstić information content (AvgIpc) is 3.36. The van der Waals surface area contributed by atoms with Crippen LogP contribution in [0.5, 0.6) is 0 Å². The minimum absolute atomic E-state index is 0.317. The second-order valence-corrected chi connectivity index (χ2v) is 7.71. The van der Waals surface area contributed by atoms with E-state index in [-0.39, 0.29) is 0 Å². The zero-order valence-electron chi connectivity index (χ0n) is 14.2. The normalized spacial score (nSPS) is 17.4. The van der Waals surface area contributed by atoms with Gasteiger partial charge >= 0.3 is 5.97 Å². The summed E-state index contributed by atoms with van der Waals surface area (Å²) >= 11 is 6.02. The summed E-state index contributed by atoms with van der Waals surface area (Å²) in [6.07, 6.45) is 5.41. The van der Waals surface area contributed by atoms with E-state index in [9.17, 15) is 9.90 Å². The Morgan fingerprint density at radius 1 is 1.12 bits per heavy atom. The number of nitrogens with zero attached hydrogens (tertiary/aromatic N) is 3. The highest BCUT2D eigenvalue weighted by Gasteiger charge is 2.32. The third-order valence-corrected chi connectivity index (χ3v) is 5.73. The van der Waals surface area contributed by atoms with Gasteiger partial charge in [0, 0.05) is 22.6 Å². The molecule has 0 atom stereocenters. The van der Waals surface area contributed by atoms with E-state index >= 15 is 0 Å². The maximum absolute atomic E-state index is 12.0. The van der Waals surface area contributed by atoms with Crippen LogP contribution >= 0.6 is 11.6 Å². The lowest BCUT2D eigenvalue weighted by atomic mass is 9.81. The Balaban J connectivity index is 1.81. The molecule has 0 radical (unpaired) electrons. The molecule has 0 saturated heterocycles. The first kappa shape index (κ1) is 15.8. The Morgan fingerprint density at radius 3 is 2.42 bits per heavy atom. The topological polar surface area (TPSA) is 68.0 Å². The second-order valence-electron chi connectivity index (χ2n) is 7.27. The van der Waals surface area contributed by atoms with Crippen LogP contribution in [0.25, 0.3) is 16.7 Å². The molecule has 2 saturated carbocycles. The Hall–Kier alpha value is -2.40. The highest BCUT2D eigenvalue weighted by atomic mass is 35.5. The highest BCUT2D eigenvalue weighted by molar-refractivity contribution is 6.30. The Kier molecular flexibility index (Phi) is 3.54. The van der Waals surface area contributed by atoms with Gasteiger partial charge in [-0.3, -0.25) is 0 Å². The molecule has 132 valence electrons. The second kappa shape index (κ2) is 5.81. The van der Waals surface area contributed by atoms with Crippen LogP contribution in [0.3, 0.4) is 0 Å². The van der Waals surface area contributed by atoms with Crippen LogP contribution < -0.4 is 0 Å². The van der Waals surface area contributed by atoms with Gasteiger partial charge in [0.05, 0.1) is 22.3 Å². The molecule has 0 aliphatic heterocycles. The van der Waals surface area contributed by atoms with Crippen LogP contribution in [0.1, 0.15) is 65.7 Å². The number of benzene rings is 1. The number of fused-ring (bicyclic) bond motifs is 1. The Labute approximate surface area is 155 Å². The van der Waals surface area contributed by atoms with Crippen molar-refractivity contribution in [2.75, 3.05) is 0 Å². The van der Waals surface area contributed by atoms with Gasteiger partial charge in [-0.05, 0) is 56.0 Å². The minimum Gasteiger partial charge on any atom is -0.478 e. The standard InChI is InChI=1S/C20H18ClN3O2/c21-13-6-8-14(9-7-13)24-19-17(18(23-24)12-2-1-3-12)15(20(25)26)10-16(22-19)11-4-5-11/h6-12H,1-5H2,(H,25,26). The van der Waals surface area contributed by atoms with Gasteiger partial charge in [-0.15, -0.1) is 0 Å². The third-order valence-electron chi connectivity index (χ3n) is 5.47. The van der Waals surface area contributed by atoms with Crippen LogP contribution in [0.15, 0.2) is 30.3 Å². The van der Waals surface area contributed by atoms with E-state index in [2.05, 4.69) is 0 Å². The van der Waals surface area contributed by atoms with E-state index in [1.54, 1.807) is 10.7 Å². The maximum atomic E-state index is 12.0.